The summed E-state index contributed by atoms with van der Waals surface area (Å²) in [6, 6.07) is 0. The molecule has 10 heavy (non-hydrogen) atoms. The van der Waals surface area contributed by atoms with E-state index in [4.69, 9.17) is 5.26 Å². The van der Waals surface area contributed by atoms with Crippen LogP contribution in [0.1, 0.15) is 13.8 Å². The van der Waals surface area contributed by atoms with Crippen molar-refractivity contribution in [3.05, 3.63) is 0 Å². The van der Waals surface area contributed by atoms with E-state index in [2.05, 4.69) is 4.99 Å². The Morgan fingerprint density at radius 1 is 1.50 bits per heavy atom. The Balaban J connectivity index is 4.30. The Labute approximate surface area is 62.0 Å². The molecule has 0 rings (SSSR count). The molecule has 0 aromatic carbocycles. The number of hydrogen-bond acceptors (Lipinski definition) is 2. The van der Waals surface area contributed by atoms with Crippen molar-refractivity contribution >= 4 is 5.84 Å². The first kappa shape index (κ1) is 8.96. The zero-order valence-corrected chi connectivity index (χ0v) is 6.92. The molecule has 3 heteroatoms. The van der Waals surface area contributed by atoms with Crippen LogP contribution < -0.4 is 0 Å². The Hall–Kier alpha value is -1.04. The zero-order valence-electron chi connectivity index (χ0n) is 6.92. The van der Waals surface area contributed by atoms with E-state index < -0.39 is 0 Å². The summed E-state index contributed by atoms with van der Waals surface area (Å²) in [5.74, 6) is 1.14. The summed E-state index contributed by atoms with van der Waals surface area (Å²) in [6.07, 6.45) is 1.78. The first-order valence-corrected chi connectivity index (χ1v) is 3.23. The molecule has 0 aliphatic rings. The number of nitriles is 1. The monoisotopic (exact) mass is 139 g/mol. The van der Waals surface area contributed by atoms with Gasteiger partial charge < -0.3 is 4.90 Å². The quantitative estimate of drug-likeness (QED) is 0.310. The molecule has 0 fully saturated rings. The number of nitrogens with zero attached hydrogens (tertiary/aromatic N) is 3. The SMILES string of the molecule is CC(C)/C(=N/C#N)N(C)C. The van der Waals surface area contributed by atoms with Gasteiger partial charge in [0, 0.05) is 20.0 Å². The molecule has 0 heterocycles. The predicted molar refractivity (Wildman–Crippen MR) is 41.6 cm³/mol. The molecule has 0 aromatic heterocycles. The fourth-order valence-corrected chi connectivity index (χ4v) is 0.797. The van der Waals surface area contributed by atoms with Crippen LogP contribution in [0.5, 0.6) is 0 Å². The minimum Gasteiger partial charge on any atom is -0.365 e. The molecule has 0 aliphatic carbocycles. The van der Waals surface area contributed by atoms with Gasteiger partial charge in [-0.05, 0) is 0 Å². The van der Waals surface area contributed by atoms with E-state index in [1.807, 2.05) is 32.8 Å². The molecule has 0 N–H and O–H groups in total. The van der Waals surface area contributed by atoms with Gasteiger partial charge in [0.25, 0.3) is 0 Å². The van der Waals surface area contributed by atoms with Gasteiger partial charge in [-0.2, -0.15) is 10.3 Å². The molecule has 3 nitrogen and oxygen atoms in total. The smallest absolute Gasteiger partial charge is 0.207 e. The Kier molecular flexibility index (Phi) is 3.48. The third kappa shape index (κ3) is 2.49. The highest BCUT2D eigenvalue weighted by Crippen LogP contribution is 1.98. The topological polar surface area (TPSA) is 39.4 Å². The lowest BCUT2D eigenvalue weighted by atomic mass is 10.2. The van der Waals surface area contributed by atoms with Gasteiger partial charge in [-0.15, -0.1) is 0 Å². The number of amidine groups is 1. The van der Waals surface area contributed by atoms with Crippen molar-refractivity contribution in [3.8, 4) is 6.19 Å². The third-order valence-corrected chi connectivity index (χ3v) is 1.14. The summed E-state index contributed by atoms with van der Waals surface area (Å²) in [4.78, 5) is 5.53. The van der Waals surface area contributed by atoms with Crippen molar-refractivity contribution in [2.45, 2.75) is 13.8 Å². The molecule has 0 unspecified atom stereocenters. The molecule has 0 aliphatic heterocycles. The van der Waals surface area contributed by atoms with Crippen LogP contribution in [0, 0.1) is 17.4 Å². The molecule has 56 valence electrons. The summed E-state index contributed by atoms with van der Waals surface area (Å²) >= 11 is 0. The molecule has 0 saturated carbocycles. The van der Waals surface area contributed by atoms with Crippen molar-refractivity contribution in [1.82, 2.24) is 4.90 Å². The first-order valence-electron chi connectivity index (χ1n) is 3.23. The van der Waals surface area contributed by atoms with Crippen molar-refractivity contribution in [2.24, 2.45) is 10.9 Å². The van der Waals surface area contributed by atoms with Crippen LogP contribution in [-0.4, -0.2) is 24.8 Å². The zero-order chi connectivity index (χ0) is 8.15. The highest BCUT2D eigenvalue weighted by Gasteiger charge is 2.05. The normalized spacial score (nSPS) is 11.4. The molecule has 0 spiro atoms. The van der Waals surface area contributed by atoms with Crippen LogP contribution in [0.2, 0.25) is 0 Å². The average molecular weight is 139 g/mol. The van der Waals surface area contributed by atoms with Gasteiger partial charge in [0.1, 0.15) is 5.84 Å². The van der Waals surface area contributed by atoms with Crippen molar-refractivity contribution in [3.63, 3.8) is 0 Å². The maximum absolute atomic E-state index is 8.27. The Morgan fingerprint density at radius 3 is 2.10 bits per heavy atom. The molecule has 0 aromatic rings. The van der Waals surface area contributed by atoms with E-state index in [1.54, 1.807) is 6.19 Å². The second-order valence-electron chi connectivity index (χ2n) is 2.62. The number of hydrogen-bond donors (Lipinski definition) is 0. The van der Waals surface area contributed by atoms with Gasteiger partial charge in [-0.1, -0.05) is 13.8 Å². The van der Waals surface area contributed by atoms with Gasteiger partial charge in [0.2, 0.25) is 6.19 Å². The summed E-state index contributed by atoms with van der Waals surface area (Å²) in [7, 11) is 3.77. The van der Waals surface area contributed by atoms with Crippen molar-refractivity contribution in [1.29, 1.82) is 5.26 Å². The van der Waals surface area contributed by atoms with Crippen LogP contribution in [-0.2, 0) is 0 Å². The number of aliphatic imine (C=N–C) groups is 1. The van der Waals surface area contributed by atoms with E-state index in [-0.39, 0.29) is 0 Å². The molecular formula is C7H13N3. The van der Waals surface area contributed by atoms with Crippen molar-refractivity contribution in [2.75, 3.05) is 14.1 Å². The van der Waals surface area contributed by atoms with Crippen molar-refractivity contribution < 1.29 is 0 Å². The summed E-state index contributed by atoms with van der Waals surface area (Å²) in [5, 5.41) is 8.27. The maximum Gasteiger partial charge on any atom is 0.207 e. The lowest BCUT2D eigenvalue weighted by Gasteiger charge is -2.16. The second kappa shape index (κ2) is 3.89. The van der Waals surface area contributed by atoms with Crippen LogP contribution in [0.3, 0.4) is 0 Å². The molecular weight excluding hydrogens is 126 g/mol. The van der Waals surface area contributed by atoms with E-state index >= 15 is 0 Å². The Bertz CT molecular complexity index is 152. The standard InChI is InChI=1S/C7H13N3/c1-6(2)7(9-5-8)10(3)4/h6H,1-4H3/b9-7-. The Morgan fingerprint density at radius 2 is 2.00 bits per heavy atom. The van der Waals surface area contributed by atoms with Crippen LogP contribution in [0.15, 0.2) is 4.99 Å². The molecule has 0 radical (unpaired) electrons. The predicted octanol–water partition coefficient (Wildman–Crippen LogP) is 1.08. The summed E-state index contributed by atoms with van der Waals surface area (Å²) in [6.45, 7) is 4.02. The number of rotatable bonds is 1. The molecule has 0 atom stereocenters. The van der Waals surface area contributed by atoms with Gasteiger partial charge in [0.15, 0.2) is 0 Å². The second-order valence-corrected chi connectivity index (χ2v) is 2.62. The minimum absolute atomic E-state index is 0.314. The average Bonchev–Trinajstić information content (AvgIpc) is 1.81. The maximum atomic E-state index is 8.27. The molecule has 0 amide bonds. The van der Waals surface area contributed by atoms with E-state index in [0.717, 1.165) is 5.84 Å². The van der Waals surface area contributed by atoms with Gasteiger partial charge >= 0.3 is 0 Å². The first-order chi connectivity index (χ1) is 4.59. The fraction of sp³-hybridized carbons (Fsp3) is 0.714. The van der Waals surface area contributed by atoms with E-state index in [1.165, 1.54) is 0 Å². The lowest BCUT2D eigenvalue weighted by Crippen LogP contribution is -2.26. The van der Waals surface area contributed by atoms with Crippen LogP contribution in [0.25, 0.3) is 0 Å². The van der Waals surface area contributed by atoms with E-state index in [0.29, 0.717) is 5.92 Å². The van der Waals surface area contributed by atoms with Gasteiger partial charge in [-0.3, -0.25) is 0 Å². The van der Waals surface area contributed by atoms with Crippen LogP contribution >= 0.6 is 0 Å². The fourth-order valence-electron chi connectivity index (χ4n) is 0.797. The van der Waals surface area contributed by atoms with Gasteiger partial charge in [0.05, 0.1) is 0 Å². The van der Waals surface area contributed by atoms with E-state index in [9.17, 15) is 0 Å². The molecule has 0 bridgehead atoms. The lowest BCUT2D eigenvalue weighted by molar-refractivity contribution is 0.575. The highest BCUT2D eigenvalue weighted by molar-refractivity contribution is 5.84. The van der Waals surface area contributed by atoms with Crippen LogP contribution in [0.4, 0.5) is 0 Å². The summed E-state index contributed by atoms with van der Waals surface area (Å²) < 4.78 is 0. The molecule has 0 saturated heterocycles. The minimum atomic E-state index is 0.314. The summed E-state index contributed by atoms with van der Waals surface area (Å²) in [5.41, 5.74) is 0. The van der Waals surface area contributed by atoms with Gasteiger partial charge in [-0.25, -0.2) is 0 Å². The largest absolute Gasteiger partial charge is 0.365 e. The third-order valence-electron chi connectivity index (χ3n) is 1.14. The highest BCUT2D eigenvalue weighted by atomic mass is 15.1.